The highest BCUT2D eigenvalue weighted by atomic mass is 16.5. The largest absolute Gasteiger partial charge is 0.379 e. The van der Waals surface area contributed by atoms with E-state index >= 15 is 0 Å². The molecule has 2 fully saturated rings. The lowest BCUT2D eigenvalue weighted by molar-refractivity contribution is 0.0263. The van der Waals surface area contributed by atoms with Gasteiger partial charge in [0.05, 0.1) is 25.9 Å². The van der Waals surface area contributed by atoms with Gasteiger partial charge in [-0.05, 0) is 26.7 Å². The number of rotatable bonds is 6. The Morgan fingerprint density at radius 1 is 1.18 bits per heavy atom. The van der Waals surface area contributed by atoms with Crippen molar-refractivity contribution in [3.8, 4) is 0 Å². The minimum Gasteiger partial charge on any atom is -0.379 e. The molecule has 0 bridgehead atoms. The highest BCUT2D eigenvalue weighted by Gasteiger charge is 2.21. The number of nitrogens with one attached hydrogen (secondary N) is 1. The molecule has 0 aliphatic carbocycles. The molecule has 6 nitrogen and oxygen atoms in total. The van der Waals surface area contributed by atoms with Crippen LogP contribution < -0.4 is 5.32 Å². The maximum atomic E-state index is 5.73. The zero-order valence-electron chi connectivity index (χ0n) is 14.2. The van der Waals surface area contributed by atoms with E-state index in [0.717, 1.165) is 84.4 Å². The SMILES string of the molecule is CCNC(=NCCN1CCOCC1)N1CCC(OCC)CC1. The Hall–Kier alpha value is -0.850. The predicted octanol–water partition coefficient (Wildman–Crippen LogP) is 0.785. The molecule has 6 heteroatoms. The third kappa shape index (κ3) is 5.74. The molecule has 0 radical (unpaired) electrons. The average Bonchev–Trinajstić information content (AvgIpc) is 2.56. The molecule has 0 amide bonds. The molecule has 22 heavy (non-hydrogen) atoms. The highest BCUT2D eigenvalue weighted by molar-refractivity contribution is 5.80. The highest BCUT2D eigenvalue weighted by Crippen LogP contribution is 2.13. The summed E-state index contributed by atoms with van der Waals surface area (Å²) in [7, 11) is 0. The fourth-order valence-corrected chi connectivity index (χ4v) is 3.02. The van der Waals surface area contributed by atoms with Crippen molar-refractivity contribution in [2.45, 2.75) is 32.8 Å². The molecule has 2 heterocycles. The van der Waals surface area contributed by atoms with Crippen molar-refractivity contribution in [3.05, 3.63) is 0 Å². The molecule has 2 rings (SSSR count). The first-order valence-corrected chi connectivity index (χ1v) is 8.78. The molecule has 0 aromatic heterocycles. The minimum atomic E-state index is 0.428. The number of ether oxygens (including phenoxy) is 2. The Morgan fingerprint density at radius 3 is 2.55 bits per heavy atom. The van der Waals surface area contributed by atoms with Crippen LogP contribution in [0.3, 0.4) is 0 Å². The van der Waals surface area contributed by atoms with Gasteiger partial charge in [-0.1, -0.05) is 0 Å². The van der Waals surface area contributed by atoms with E-state index in [1.807, 2.05) is 0 Å². The summed E-state index contributed by atoms with van der Waals surface area (Å²) in [6, 6.07) is 0. The van der Waals surface area contributed by atoms with E-state index in [1.165, 1.54) is 0 Å². The van der Waals surface area contributed by atoms with Crippen molar-refractivity contribution in [2.75, 3.05) is 65.6 Å². The Labute approximate surface area is 134 Å². The van der Waals surface area contributed by atoms with Crippen molar-refractivity contribution in [1.82, 2.24) is 15.1 Å². The van der Waals surface area contributed by atoms with Gasteiger partial charge in [-0.25, -0.2) is 0 Å². The molecule has 0 unspecified atom stereocenters. The van der Waals surface area contributed by atoms with E-state index in [4.69, 9.17) is 14.5 Å². The Balaban J connectivity index is 1.77. The first kappa shape index (κ1) is 17.5. The third-order valence-electron chi connectivity index (χ3n) is 4.26. The van der Waals surface area contributed by atoms with Crippen molar-refractivity contribution < 1.29 is 9.47 Å². The number of aliphatic imine (C=N–C) groups is 1. The van der Waals surface area contributed by atoms with Gasteiger partial charge in [0.25, 0.3) is 0 Å². The summed E-state index contributed by atoms with van der Waals surface area (Å²) in [6.07, 6.45) is 2.63. The topological polar surface area (TPSA) is 49.3 Å². The predicted molar refractivity (Wildman–Crippen MR) is 89.5 cm³/mol. The first-order chi connectivity index (χ1) is 10.8. The number of hydrogen-bond acceptors (Lipinski definition) is 4. The lowest BCUT2D eigenvalue weighted by atomic mass is 10.1. The molecule has 0 atom stereocenters. The van der Waals surface area contributed by atoms with Crippen molar-refractivity contribution in [1.29, 1.82) is 0 Å². The summed E-state index contributed by atoms with van der Waals surface area (Å²) >= 11 is 0. The molecule has 0 saturated carbocycles. The molecule has 2 aliphatic heterocycles. The van der Waals surface area contributed by atoms with Gasteiger partial charge in [-0.3, -0.25) is 9.89 Å². The van der Waals surface area contributed by atoms with Crippen molar-refractivity contribution in [2.24, 2.45) is 4.99 Å². The van der Waals surface area contributed by atoms with Crippen LogP contribution in [0.15, 0.2) is 4.99 Å². The van der Waals surface area contributed by atoms with E-state index in [9.17, 15) is 0 Å². The van der Waals surface area contributed by atoms with Crippen LogP contribution in [0.2, 0.25) is 0 Å². The summed E-state index contributed by atoms with van der Waals surface area (Å²) in [6.45, 7) is 13.7. The summed E-state index contributed by atoms with van der Waals surface area (Å²) < 4.78 is 11.1. The smallest absolute Gasteiger partial charge is 0.193 e. The fraction of sp³-hybridized carbons (Fsp3) is 0.938. The summed E-state index contributed by atoms with van der Waals surface area (Å²) in [4.78, 5) is 9.61. The van der Waals surface area contributed by atoms with Crippen molar-refractivity contribution in [3.63, 3.8) is 0 Å². The molecule has 1 N–H and O–H groups in total. The summed E-state index contributed by atoms with van der Waals surface area (Å²) in [5.41, 5.74) is 0. The second-order valence-corrected chi connectivity index (χ2v) is 5.83. The molecular formula is C16H32N4O2. The monoisotopic (exact) mass is 312 g/mol. The van der Waals surface area contributed by atoms with Crippen LogP contribution >= 0.6 is 0 Å². The Kier molecular flexibility index (Phi) is 7.98. The number of hydrogen-bond donors (Lipinski definition) is 1. The van der Waals surface area contributed by atoms with E-state index in [1.54, 1.807) is 0 Å². The Bertz CT molecular complexity index is 324. The lowest BCUT2D eigenvalue weighted by Crippen LogP contribution is -2.47. The number of guanidine groups is 1. The molecule has 0 aromatic carbocycles. The van der Waals surface area contributed by atoms with Crippen molar-refractivity contribution >= 4 is 5.96 Å². The number of piperidine rings is 1. The van der Waals surface area contributed by atoms with Crippen LogP contribution in [0.4, 0.5) is 0 Å². The zero-order chi connectivity index (χ0) is 15.6. The quantitative estimate of drug-likeness (QED) is 0.580. The summed E-state index contributed by atoms with van der Waals surface area (Å²) in [5.74, 6) is 1.06. The van der Waals surface area contributed by atoms with Gasteiger partial charge in [0, 0.05) is 45.9 Å². The van der Waals surface area contributed by atoms with Crippen LogP contribution in [0.5, 0.6) is 0 Å². The van der Waals surface area contributed by atoms with Crippen LogP contribution in [0, 0.1) is 0 Å². The second-order valence-electron chi connectivity index (χ2n) is 5.83. The van der Waals surface area contributed by atoms with Gasteiger partial charge in [0.2, 0.25) is 0 Å². The Morgan fingerprint density at radius 2 is 1.91 bits per heavy atom. The van der Waals surface area contributed by atoms with E-state index < -0.39 is 0 Å². The molecule has 0 spiro atoms. The first-order valence-electron chi connectivity index (χ1n) is 8.78. The standard InChI is InChI=1S/C16H32N4O2/c1-3-17-16(18-7-10-19-11-13-21-14-12-19)20-8-5-15(6-9-20)22-4-2/h15H,3-14H2,1-2H3,(H,17,18). The minimum absolute atomic E-state index is 0.428. The van der Waals surface area contributed by atoms with Crippen LogP contribution in [0.25, 0.3) is 0 Å². The van der Waals surface area contributed by atoms with E-state index in [-0.39, 0.29) is 0 Å². The van der Waals surface area contributed by atoms with E-state index in [2.05, 4.69) is 29.0 Å². The van der Waals surface area contributed by atoms with Crippen LogP contribution in [0.1, 0.15) is 26.7 Å². The van der Waals surface area contributed by atoms with E-state index in [0.29, 0.717) is 6.10 Å². The van der Waals surface area contributed by atoms with Gasteiger partial charge in [-0.2, -0.15) is 0 Å². The molecule has 2 saturated heterocycles. The number of morpholine rings is 1. The number of likely N-dealkylation sites (tertiary alicyclic amines) is 1. The fourth-order valence-electron chi connectivity index (χ4n) is 3.02. The molecule has 0 aromatic rings. The maximum absolute atomic E-state index is 5.73. The third-order valence-corrected chi connectivity index (χ3v) is 4.26. The lowest BCUT2D eigenvalue weighted by Gasteiger charge is -2.34. The zero-order valence-corrected chi connectivity index (χ0v) is 14.2. The normalized spacial score (nSPS) is 22.1. The van der Waals surface area contributed by atoms with Gasteiger partial charge in [0.15, 0.2) is 5.96 Å². The summed E-state index contributed by atoms with van der Waals surface area (Å²) in [5, 5.41) is 3.43. The average molecular weight is 312 g/mol. The molecule has 128 valence electrons. The van der Waals surface area contributed by atoms with Gasteiger partial charge in [-0.15, -0.1) is 0 Å². The number of nitrogens with zero attached hydrogens (tertiary/aromatic N) is 3. The van der Waals surface area contributed by atoms with Crippen LogP contribution in [-0.2, 0) is 9.47 Å². The van der Waals surface area contributed by atoms with Gasteiger partial charge >= 0.3 is 0 Å². The molecule has 2 aliphatic rings. The maximum Gasteiger partial charge on any atom is 0.193 e. The van der Waals surface area contributed by atoms with Crippen LogP contribution in [-0.4, -0.2) is 87.5 Å². The van der Waals surface area contributed by atoms with Gasteiger partial charge < -0.3 is 19.7 Å². The second kappa shape index (κ2) is 10.0. The molecular weight excluding hydrogens is 280 g/mol. The van der Waals surface area contributed by atoms with Gasteiger partial charge in [0.1, 0.15) is 0 Å².